The van der Waals surface area contributed by atoms with Crippen LogP contribution in [0, 0.1) is 29.3 Å². The first-order valence-corrected chi connectivity index (χ1v) is 15.0. The van der Waals surface area contributed by atoms with Gasteiger partial charge in [0.2, 0.25) is 0 Å². The number of halogens is 3. The summed E-state index contributed by atoms with van der Waals surface area (Å²) < 4.78 is 51.7. The zero-order chi connectivity index (χ0) is 25.9. The van der Waals surface area contributed by atoms with Crippen molar-refractivity contribution in [1.29, 1.82) is 0 Å². The van der Waals surface area contributed by atoms with Gasteiger partial charge in [0.25, 0.3) is 0 Å². The minimum atomic E-state index is -0.879. The van der Waals surface area contributed by atoms with Crippen molar-refractivity contribution in [1.82, 2.24) is 0 Å². The predicted octanol–water partition coefficient (Wildman–Crippen LogP) is 10.1. The van der Waals surface area contributed by atoms with Crippen molar-refractivity contribution in [2.45, 2.75) is 116 Å². The molecule has 0 atom stereocenters. The van der Waals surface area contributed by atoms with Crippen LogP contribution >= 0.6 is 0 Å². The van der Waals surface area contributed by atoms with Crippen molar-refractivity contribution < 1.29 is 17.9 Å². The molecule has 2 fully saturated rings. The van der Waals surface area contributed by atoms with Crippen LogP contribution in [0.2, 0.25) is 0 Å². The van der Waals surface area contributed by atoms with Gasteiger partial charge in [0, 0.05) is 17.7 Å². The number of benzene rings is 2. The molecule has 4 heteroatoms. The Morgan fingerprint density at radius 1 is 0.730 bits per heavy atom. The maximum atomic E-state index is 15.2. The van der Waals surface area contributed by atoms with E-state index in [1.54, 1.807) is 12.1 Å². The number of hydrogen-bond donors (Lipinski definition) is 0. The minimum absolute atomic E-state index is 0.00790. The number of ether oxygens (including phenoxy) is 1. The highest BCUT2D eigenvalue weighted by atomic mass is 19.2. The highest BCUT2D eigenvalue weighted by Gasteiger charge is 2.36. The average molecular weight is 513 g/mol. The molecule has 3 aliphatic carbocycles. The third kappa shape index (κ3) is 5.51. The second kappa shape index (κ2) is 11.9. The molecule has 1 nitrogen and oxygen atoms in total. The normalized spacial score (nSPS) is 24.9. The van der Waals surface area contributed by atoms with Crippen LogP contribution in [0.1, 0.15) is 114 Å². The van der Waals surface area contributed by atoms with Gasteiger partial charge < -0.3 is 4.74 Å². The third-order valence-corrected chi connectivity index (χ3v) is 9.38. The van der Waals surface area contributed by atoms with Crippen molar-refractivity contribution in [3.8, 4) is 22.3 Å². The van der Waals surface area contributed by atoms with E-state index in [9.17, 15) is 4.39 Å². The molecule has 0 radical (unpaired) electrons. The lowest BCUT2D eigenvalue weighted by atomic mass is 9.74. The molecule has 202 valence electrons. The Morgan fingerprint density at radius 2 is 1.43 bits per heavy atom. The van der Waals surface area contributed by atoms with Gasteiger partial charge in [-0.05, 0) is 91.0 Å². The molecule has 2 aromatic rings. The van der Waals surface area contributed by atoms with Gasteiger partial charge in [-0.25, -0.2) is 13.2 Å². The zero-order valence-corrected chi connectivity index (χ0v) is 22.7. The van der Waals surface area contributed by atoms with Gasteiger partial charge >= 0.3 is 0 Å². The topological polar surface area (TPSA) is 9.23 Å². The Kier molecular flexibility index (Phi) is 8.63. The summed E-state index contributed by atoms with van der Waals surface area (Å²) in [5.74, 6) is -0.468. The van der Waals surface area contributed by atoms with E-state index in [2.05, 4.69) is 6.92 Å². The van der Waals surface area contributed by atoms with Gasteiger partial charge in [0.05, 0.1) is 6.10 Å². The third-order valence-electron chi connectivity index (χ3n) is 9.38. The van der Waals surface area contributed by atoms with Gasteiger partial charge in [-0.15, -0.1) is 0 Å². The molecule has 0 aromatic heterocycles. The summed E-state index contributed by atoms with van der Waals surface area (Å²) in [7, 11) is 0. The summed E-state index contributed by atoms with van der Waals surface area (Å²) in [5, 5.41) is 0. The van der Waals surface area contributed by atoms with E-state index in [0.717, 1.165) is 44.6 Å². The Bertz CT molecular complexity index is 1080. The second-order valence-corrected chi connectivity index (χ2v) is 11.9. The van der Waals surface area contributed by atoms with Crippen molar-refractivity contribution >= 4 is 0 Å². The molecule has 37 heavy (non-hydrogen) atoms. The largest absolute Gasteiger partial charge is 0.378 e. The lowest BCUT2D eigenvalue weighted by Gasteiger charge is -2.33. The van der Waals surface area contributed by atoms with E-state index in [1.807, 2.05) is 13.0 Å². The predicted molar refractivity (Wildman–Crippen MR) is 145 cm³/mol. The fraction of sp³-hybridized carbons (Fsp3) is 0.636. The Labute approximate surface area is 221 Å². The highest BCUT2D eigenvalue weighted by Crippen LogP contribution is 2.53. The lowest BCUT2D eigenvalue weighted by Crippen LogP contribution is -2.26. The van der Waals surface area contributed by atoms with Crippen LogP contribution in [-0.4, -0.2) is 12.7 Å². The maximum absolute atomic E-state index is 15.2. The number of hydrogen-bond acceptors (Lipinski definition) is 1. The van der Waals surface area contributed by atoms with Crippen molar-refractivity contribution in [3.05, 3.63) is 46.8 Å². The van der Waals surface area contributed by atoms with Crippen molar-refractivity contribution in [3.63, 3.8) is 0 Å². The molecule has 3 aliphatic rings. The minimum Gasteiger partial charge on any atom is -0.378 e. The number of unbranched alkanes of at least 4 members (excludes halogenated alkanes) is 2. The summed E-state index contributed by atoms with van der Waals surface area (Å²) in [6, 6.07) is 5.46. The fourth-order valence-corrected chi connectivity index (χ4v) is 7.07. The van der Waals surface area contributed by atoms with E-state index in [0.29, 0.717) is 34.6 Å². The maximum Gasteiger partial charge on any atom is 0.167 e. The Balaban J connectivity index is 1.14. The van der Waals surface area contributed by atoms with Crippen LogP contribution in [0.3, 0.4) is 0 Å². The van der Waals surface area contributed by atoms with Crippen LogP contribution in [0.25, 0.3) is 22.3 Å². The summed E-state index contributed by atoms with van der Waals surface area (Å²) in [4.78, 5) is 0. The van der Waals surface area contributed by atoms with Crippen LogP contribution in [0.4, 0.5) is 13.2 Å². The summed E-state index contributed by atoms with van der Waals surface area (Å²) in [6.45, 7) is 5.10. The fourth-order valence-electron chi connectivity index (χ4n) is 7.07. The van der Waals surface area contributed by atoms with E-state index < -0.39 is 11.6 Å². The molecule has 2 aromatic carbocycles. The summed E-state index contributed by atoms with van der Waals surface area (Å²) in [5.41, 5.74) is 2.80. The Morgan fingerprint density at radius 3 is 2.14 bits per heavy atom. The summed E-state index contributed by atoms with van der Waals surface area (Å²) in [6.07, 6.45) is 15.7. The van der Waals surface area contributed by atoms with Gasteiger partial charge in [-0.2, -0.15) is 0 Å². The summed E-state index contributed by atoms with van der Waals surface area (Å²) >= 11 is 0. The van der Waals surface area contributed by atoms with Crippen molar-refractivity contribution in [2.75, 3.05) is 6.61 Å². The van der Waals surface area contributed by atoms with Crippen LogP contribution in [0.5, 0.6) is 0 Å². The van der Waals surface area contributed by atoms with Crippen LogP contribution in [0.15, 0.2) is 18.2 Å². The monoisotopic (exact) mass is 512 g/mol. The molecule has 0 saturated heterocycles. The molecule has 0 spiro atoms. The van der Waals surface area contributed by atoms with Crippen LogP contribution < -0.4 is 0 Å². The number of rotatable bonds is 10. The number of aryl methyl sites for hydroxylation is 1. The Hall–Kier alpha value is -1.81. The molecule has 2 saturated carbocycles. The van der Waals surface area contributed by atoms with Crippen molar-refractivity contribution in [2.24, 2.45) is 11.8 Å². The average Bonchev–Trinajstić information content (AvgIpc) is 2.90. The first kappa shape index (κ1) is 26.8. The highest BCUT2D eigenvalue weighted by molar-refractivity contribution is 6.03. The van der Waals surface area contributed by atoms with E-state index in [-0.39, 0.29) is 29.0 Å². The van der Waals surface area contributed by atoms with Crippen LogP contribution in [-0.2, 0) is 11.2 Å². The molecular formula is C33H43F3O. The molecule has 0 aliphatic heterocycles. The molecule has 0 bridgehead atoms. The van der Waals surface area contributed by atoms with E-state index in [4.69, 9.17) is 4.74 Å². The van der Waals surface area contributed by atoms with Gasteiger partial charge in [0.15, 0.2) is 11.6 Å². The standard InChI is InChI=1S/C33H43F3O/c1-3-5-6-8-21-9-11-22(12-10-21)20-37-25-16-13-23(14-17-25)27-19-28-26-18-15-24(7-4-2)31(34)29(26)30(28)33(36)32(27)35/h15,18-19,21-23,25H,3-14,16-17,20H2,1-2H3. The molecule has 0 amide bonds. The SMILES string of the molecule is CCCCCC1CCC(COC2CCC(c3cc4c(c(F)c3F)-c3c-4ccc(CCC)c3F)CC2)CC1. The molecule has 0 unspecified atom stereocenters. The lowest BCUT2D eigenvalue weighted by molar-refractivity contribution is -0.00500. The van der Waals surface area contributed by atoms with E-state index >= 15 is 8.78 Å². The van der Waals surface area contributed by atoms with Gasteiger partial charge in [-0.1, -0.05) is 70.9 Å². The first-order valence-electron chi connectivity index (χ1n) is 15.0. The van der Waals surface area contributed by atoms with Gasteiger partial charge in [-0.3, -0.25) is 0 Å². The zero-order valence-electron chi connectivity index (χ0n) is 22.7. The molecule has 0 N–H and O–H groups in total. The smallest absolute Gasteiger partial charge is 0.167 e. The molecule has 5 rings (SSSR count). The molecular weight excluding hydrogens is 469 g/mol. The second-order valence-electron chi connectivity index (χ2n) is 11.9. The van der Waals surface area contributed by atoms with Gasteiger partial charge in [0.1, 0.15) is 5.82 Å². The van der Waals surface area contributed by atoms with E-state index in [1.165, 1.54) is 51.4 Å². The quantitative estimate of drug-likeness (QED) is 0.246. The molecule has 0 heterocycles. The first-order chi connectivity index (χ1) is 18.0. The number of fused-ring (bicyclic) bond motifs is 4.